The number of amides is 2. The molecule has 10 heteroatoms. The molecule has 1 aromatic rings. The first kappa shape index (κ1) is 21.7. The molecule has 2 N–H and O–H groups in total. The van der Waals surface area contributed by atoms with Crippen molar-refractivity contribution in [3.8, 4) is 0 Å². The van der Waals surface area contributed by atoms with E-state index in [1.807, 2.05) is 26.0 Å². The fourth-order valence-corrected chi connectivity index (χ4v) is 4.78. The summed E-state index contributed by atoms with van der Waals surface area (Å²) in [5.41, 5.74) is 1.03. The van der Waals surface area contributed by atoms with E-state index in [0.717, 1.165) is 11.8 Å². The Labute approximate surface area is 171 Å². The molecule has 0 saturated carbocycles. The molecule has 160 valence electrons. The van der Waals surface area contributed by atoms with Crippen LogP contribution in [0.25, 0.3) is 0 Å². The van der Waals surface area contributed by atoms with Crippen LogP contribution in [0.5, 0.6) is 0 Å². The van der Waals surface area contributed by atoms with Crippen LogP contribution in [0.1, 0.15) is 25.8 Å². The van der Waals surface area contributed by atoms with Crippen LogP contribution in [0.15, 0.2) is 24.5 Å². The first-order valence-corrected chi connectivity index (χ1v) is 11.7. The minimum Gasteiger partial charge on any atom is -0.354 e. The van der Waals surface area contributed by atoms with Gasteiger partial charge in [-0.25, -0.2) is 13.1 Å². The summed E-state index contributed by atoms with van der Waals surface area (Å²) >= 11 is 0. The van der Waals surface area contributed by atoms with Gasteiger partial charge in [0.25, 0.3) is 0 Å². The normalized spacial score (nSPS) is 25.3. The average Bonchev–Trinajstić information content (AvgIpc) is 3.02. The molecule has 3 atom stereocenters. The maximum Gasteiger partial charge on any atom is 0.242 e. The Kier molecular flexibility index (Phi) is 6.55. The molecule has 1 aromatic heterocycles. The predicted molar refractivity (Wildman–Crippen MR) is 108 cm³/mol. The van der Waals surface area contributed by atoms with Crippen LogP contribution in [-0.2, 0) is 26.2 Å². The first-order valence-electron chi connectivity index (χ1n) is 9.82. The van der Waals surface area contributed by atoms with E-state index in [4.69, 9.17) is 0 Å². The molecule has 9 nitrogen and oxygen atoms in total. The molecule has 2 fully saturated rings. The van der Waals surface area contributed by atoms with E-state index in [-0.39, 0.29) is 36.4 Å². The third-order valence-corrected chi connectivity index (χ3v) is 6.14. The number of nitrogens with one attached hydrogen (secondary N) is 2. The van der Waals surface area contributed by atoms with Gasteiger partial charge in [0.1, 0.15) is 6.04 Å². The number of carbonyl (C=O) groups is 2. The topological polar surface area (TPSA) is 112 Å². The molecule has 0 aromatic carbocycles. The van der Waals surface area contributed by atoms with Gasteiger partial charge in [-0.2, -0.15) is 0 Å². The van der Waals surface area contributed by atoms with Crippen LogP contribution in [0, 0.1) is 5.92 Å². The lowest BCUT2D eigenvalue weighted by molar-refractivity contribution is -0.144. The quantitative estimate of drug-likeness (QED) is 0.615. The van der Waals surface area contributed by atoms with E-state index in [1.54, 1.807) is 17.3 Å². The third-order valence-electron chi connectivity index (χ3n) is 5.38. The van der Waals surface area contributed by atoms with Crippen LogP contribution in [-0.4, -0.2) is 79.0 Å². The molecule has 2 aliphatic rings. The van der Waals surface area contributed by atoms with E-state index >= 15 is 0 Å². The highest BCUT2D eigenvalue weighted by Gasteiger charge is 2.45. The number of sulfonamides is 1. The molecule has 2 saturated heterocycles. The number of fused-ring (bicyclic) bond motifs is 1. The van der Waals surface area contributed by atoms with Gasteiger partial charge in [-0.3, -0.25) is 19.5 Å². The minimum atomic E-state index is -3.34. The smallest absolute Gasteiger partial charge is 0.242 e. The molecule has 0 unspecified atom stereocenters. The van der Waals surface area contributed by atoms with Crippen molar-refractivity contribution in [1.82, 2.24) is 24.8 Å². The summed E-state index contributed by atoms with van der Waals surface area (Å²) < 4.78 is 25.8. The maximum absolute atomic E-state index is 13.2. The zero-order valence-electron chi connectivity index (χ0n) is 17.0. The number of carbonyl (C=O) groups excluding carboxylic acids is 2. The minimum absolute atomic E-state index is 0.0550. The van der Waals surface area contributed by atoms with Gasteiger partial charge in [-0.15, -0.1) is 0 Å². The van der Waals surface area contributed by atoms with Gasteiger partial charge < -0.3 is 10.2 Å². The highest BCUT2D eigenvalue weighted by Crippen LogP contribution is 2.27. The standard InChI is InChI=1S/C19H29N5O4S/c1-13(2)18(25)21-9-17-19(26)24-11-15(22-29(3,27)28)8-16(24)12-23(17)10-14-4-6-20-7-5-14/h4-7,13,15-17,22H,8-12H2,1-3H3,(H,21,25)/t15-,16-,17-/m0/s1. The maximum atomic E-state index is 13.2. The summed E-state index contributed by atoms with van der Waals surface area (Å²) in [6, 6.07) is 2.98. The van der Waals surface area contributed by atoms with Gasteiger partial charge in [0.2, 0.25) is 21.8 Å². The number of hydrogen-bond acceptors (Lipinski definition) is 6. The van der Waals surface area contributed by atoms with Crippen molar-refractivity contribution in [3.63, 3.8) is 0 Å². The molecule has 0 radical (unpaired) electrons. The molecule has 29 heavy (non-hydrogen) atoms. The number of rotatable bonds is 7. The summed E-state index contributed by atoms with van der Waals surface area (Å²) in [6.45, 7) is 5.39. The van der Waals surface area contributed by atoms with E-state index in [0.29, 0.717) is 26.1 Å². The largest absolute Gasteiger partial charge is 0.354 e. The van der Waals surface area contributed by atoms with Gasteiger partial charge >= 0.3 is 0 Å². The first-order chi connectivity index (χ1) is 13.6. The summed E-state index contributed by atoms with van der Waals surface area (Å²) in [4.78, 5) is 33.2. The van der Waals surface area contributed by atoms with Crippen molar-refractivity contribution in [2.75, 3.05) is 25.9 Å². The van der Waals surface area contributed by atoms with Crippen LogP contribution in [0.2, 0.25) is 0 Å². The third kappa shape index (κ3) is 5.52. The molecule has 0 bridgehead atoms. The Morgan fingerprint density at radius 1 is 1.28 bits per heavy atom. The number of hydrogen-bond donors (Lipinski definition) is 2. The van der Waals surface area contributed by atoms with Gasteiger partial charge in [0.15, 0.2) is 0 Å². The summed E-state index contributed by atoms with van der Waals surface area (Å²) in [5, 5.41) is 2.88. The highest BCUT2D eigenvalue weighted by molar-refractivity contribution is 7.88. The van der Waals surface area contributed by atoms with Gasteiger partial charge in [0.05, 0.1) is 6.26 Å². The molecule has 3 rings (SSSR count). The summed E-state index contributed by atoms with van der Waals surface area (Å²) in [6.07, 6.45) is 5.14. The van der Waals surface area contributed by atoms with E-state index in [1.165, 1.54) is 0 Å². The monoisotopic (exact) mass is 423 g/mol. The lowest BCUT2D eigenvalue weighted by atomic mass is 10.0. The van der Waals surface area contributed by atoms with Crippen LogP contribution >= 0.6 is 0 Å². The average molecular weight is 424 g/mol. The fourth-order valence-electron chi connectivity index (χ4n) is 4.01. The second kappa shape index (κ2) is 8.76. The Morgan fingerprint density at radius 2 is 1.97 bits per heavy atom. The summed E-state index contributed by atoms with van der Waals surface area (Å²) in [7, 11) is -3.34. The Morgan fingerprint density at radius 3 is 2.59 bits per heavy atom. The van der Waals surface area contributed by atoms with Crippen molar-refractivity contribution in [3.05, 3.63) is 30.1 Å². The number of pyridine rings is 1. The molecule has 2 aliphatic heterocycles. The molecule has 2 amide bonds. The lowest BCUT2D eigenvalue weighted by Gasteiger charge is -2.43. The zero-order chi connectivity index (χ0) is 21.2. The number of piperazine rings is 1. The van der Waals surface area contributed by atoms with Crippen LogP contribution in [0.3, 0.4) is 0 Å². The molecular weight excluding hydrogens is 394 g/mol. The lowest BCUT2D eigenvalue weighted by Crippen LogP contribution is -2.62. The van der Waals surface area contributed by atoms with Gasteiger partial charge in [0, 0.05) is 56.6 Å². The van der Waals surface area contributed by atoms with Crippen molar-refractivity contribution in [2.45, 2.75) is 44.9 Å². The van der Waals surface area contributed by atoms with Crippen molar-refractivity contribution >= 4 is 21.8 Å². The predicted octanol–water partition coefficient (Wildman–Crippen LogP) is -0.443. The summed E-state index contributed by atoms with van der Waals surface area (Å²) in [5.74, 6) is -0.329. The number of aromatic nitrogens is 1. The molecule has 0 aliphatic carbocycles. The van der Waals surface area contributed by atoms with E-state index < -0.39 is 16.1 Å². The van der Waals surface area contributed by atoms with E-state index in [9.17, 15) is 18.0 Å². The van der Waals surface area contributed by atoms with Crippen LogP contribution < -0.4 is 10.0 Å². The Balaban J connectivity index is 1.77. The van der Waals surface area contributed by atoms with Crippen molar-refractivity contribution in [1.29, 1.82) is 0 Å². The second-order valence-corrected chi connectivity index (χ2v) is 9.95. The Bertz CT molecular complexity index is 845. The fraction of sp³-hybridized carbons (Fsp3) is 0.632. The molecule has 3 heterocycles. The number of nitrogens with zero attached hydrogens (tertiary/aromatic N) is 3. The van der Waals surface area contributed by atoms with Gasteiger partial charge in [-0.05, 0) is 24.1 Å². The SMILES string of the molecule is CC(C)C(=O)NC[C@H]1C(=O)N2C[C@@H](NS(C)(=O)=O)C[C@H]2CN1Cc1ccncc1. The van der Waals surface area contributed by atoms with Crippen molar-refractivity contribution in [2.24, 2.45) is 5.92 Å². The van der Waals surface area contributed by atoms with E-state index in [2.05, 4.69) is 19.9 Å². The van der Waals surface area contributed by atoms with Gasteiger partial charge in [-0.1, -0.05) is 13.8 Å². The second-order valence-electron chi connectivity index (χ2n) is 8.17. The van der Waals surface area contributed by atoms with Crippen molar-refractivity contribution < 1.29 is 18.0 Å². The zero-order valence-corrected chi connectivity index (χ0v) is 17.9. The molecular formula is C19H29N5O4S. The highest BCUT2D eigenvalue weighted by atomic mass is 32.2. The van der Waals surface area contributed by atoms with Crippen LogP contribution in [0.4, 0.5) is 0 Å². The Hall–Kier alpha value is -2.04. The molecule has 0 spiro atoms.